The number of carbonyl (C=O) groups is 2. The molecule has 1 aliphatic rings. The van der Waals surface area contributed by atoms with Gasteiger partial charge in [0.25, 0.3) is 0 Å². The summed E-state index contributed by atoms with van der Waals surface area (Å²) in [5.74, 6) is -1.10. The van der Waals surface area contributed by atoms with Crippen LogP contribution >= 0.6 is 0 Å². The van der Waals surface area contributed by atoms with Gasteiger partial charge in [-0.1, -0.05) is 13.3 Å². The predicted octanol–water partition coefficient (Wildman–Crippen LogP) is 1.27. The molecule has 1 unspecified atom stereocenters. The normalized spacial score (nSPS) is 24.0. The molecule has 1 saturated heterocycles. The smallest absolute Gasteiger partial charge is 0.329 e. The first-order chi connectivity index (χ1) is 8.08. The van der Waals surface area contributed by atoms with Gasteiger partial charge >= 0.3 is 5.97 Å². The molecule has 98 valence electrons. The molecule has 1 atom stereocenters. The highest BCUT2D eigenvalue weighted by Gasteiger charge is 2.48. The number of hydrogen-bond acceptors (Lipinski definition) is 3. The Labute approximate surface area is 102 Å². The lowest BCUT2D eigenvalue weighted by atomic mass is 9.90. The summed E-state index contributed by atoms with van der Waals surface area (Å²) in [5, 5.41) is 9.40. The van der Waals surface area contributed by atoms with E-state index in [1.807, 2.05) is 13.8 Å². The van der Waals surface area contributed by atoms with Crippen LogP contribution in [0.5, 0.6) is 0 Å². The number of carboxylic acids is 1. The van der Waals surface area contributed by atoms with Crippen LogP contribution in [0.3, 0.4) is 0 Å². The van der Waals surface area contributed by atoms with Crippen LogP contribution in [-0.4, -0.2) is 47.2 Å². The van der Waals surface area contributed by atoms with Crippen molar-refractivity contribution < 1.29 is 19.4 Å². The molecule has 1 heterocycles. The van der Waals surface area contributed by atoms with Crippen molar-refractivity contribution in [3.05, 3.63) is 0 Å². The van der Waals surface area contributed by atoms with Crippen molar-refractivity contribution in [3.63, 3.8) is 0 Å². The lowest BCUT2D eigenvalue weighted by Gasteiger charge is -2.34. The molecule has 0 aromatic rings. The van der Waals surface area contributed by atoms with Gasteiger partial charge < -0.3 is 14.7 Å². The van der Waals surface area contributed by atoms with Crippen LogP contribution in [0.2, 0.25) is 0 Å². The molecule has 5 nitrogen and oxygen atoms in total. The summed E-state index contributed by atoms with van der Waals surface area (Å²) in [6.07, 6.45) is 2.57. The SMILES string of the molecule is CCCC1(C(=O)O)CCCN1C(=O)COCC. The van der Waals surface area contributed by atoms with Crippen LogP contribution in [0.25, 0.3) is 0 Å². The van der Waals surface area contributed by atoms with E-state index in [2.05, 4.69) is 0 Å². The third-order valence-corrected chi connectivity index (χ3v) is 3.28. The topological polar surface area (TPSA) is 66.8 Å². The Morgan fingerprint density at radius 1 is 1.41 bits per heavy atom. The molecule has 0 bridgehead atoms. The number of carbonyl (C=O) groups excluding carboxylic acids is 1. The summed E-state index contributed by atoms with van der Waals surface area (Å²) < 4.78 is 5.07. The van der Waals surface area contributed by atoms with E-state index in [1.54, 1.807) is 0 Å². The molecule has 5 heteroatoms. The Bertz CT molecular complexity index is 292. The maximum absolute atomic E-state index is 11.9. The third kappa shape index (κ3) is 2.77. The van der Waals surface area contributed by atoms with Crippen LogP contribution in [0, 0.1) is 0 Å². The minimum atomic E-state index is -0.997. The quantitative estimate of drug-likeness (QED) is 0.763. The van der Waals surface area contributed by atoms with Gasteiger partial charge in [0, 0.05) is 13.2 Å². The highest BCUT2D eigenvalue weighted by molar-refractivity contribution is 5.88. The van der Waals surface area contributed by atoms with Crippen molar-refractivity contribution in [1.29, 1.82) is 0 Å². The van der Waals surface area contributed by atoms with Gasteiger partial charge in [0.2, 0.25) is 5.91 Å². The maximum atomic E-state index is 11.9. The average molecular weight is 243 g/mol. The molecule has 0 aromatic heterocycles. The lowest BCUT2D eigenvalue weighted by Crippen LogP contribution is -2.54. The number of hydrogen-bond donors (Lipinski definition) is 1. The number of rotatable bonds is 6. The highest BCUT2D eigenvalue weighted by atomic mass is 16.5. The van der Waals surface area contributed by atoms with E-state index in [0.717, 1.165) is 12.8 Å². The fourth-order valence-electron chi connectivity index (χ4n) is 2.51. The molecule has 0 aliphatic carbocycles. The van der Waals surface area contributed by atoms with E-state index in [4.69, 9.17) is 4.74 Å². The zero-order chi connectivity index (χ0) is 12.9. The molecule has 1 amide bonds. The molecule has 17 heavy (non-hydrogen) atoms. The Morgan fingerprint density at radius 3 is 2.65 bits per heavy atom. The summed E-state index contributed by atoms with van der Waals surface area (Å²) in [4.78, 5) is 24.9. The number of carboxylic acid groups (broad SMARTS) is 1. The molecular formula is C12H21NO4. The molecule has 0 saturated carbocycles. The van der Waals surface area contributed by atoms with Gasteiger partial charge in [0.15, 0.2) is 0 Å². The zero-order valence-electron chi connectivity index (χ0n) is 10.6. The fourth-order valence-corrected chi connectivity index (χ4v) is 2.51. The number of amides is 1. The van der Waals surface area contributed by atoms with Gasteiger partial charge in [-0.15, -0.1) is 0 Å². The summed E-state index contributed by atoms with van der Waals surface area (Å²) in [6.45, 7) is 4.73. The first-order valence-electron chi connectivity index (χ1n) is 6.20. The molecular weight excluding hydrogens is 222 g/mol. The summed E-state index contributed by atoms with van der Waals surface area (Å²) in [5.41, 5.74) is -0.997. The zero-order valence-corrected chi connectivity index (χ0v) is 10.6. The highest BCUT2D eigenvalue weighted by Crippen LogP contribution is 2.34. The van der Waals surface area contributed by atoms with Crippen LogP contribution in [0.1, 0.15) is 39.5 Å². The van der Waals surface area contributed by atoms with Gasteiger partial charge in [-0.3, -0.25) is 4.79 Å². The Morgan fingerprint density at radius 2 is 2.12 bits per heavy atom. The second-order valence-electron chi connectivity index (χ2n) is 4.37. The predicted molar refractivity (Wildman–Crippen MR) is 62.7 cm³/mol. The fraction of sp³-hybridized carbons (Fsp3) is 0.833. The van der Waals surface area contributed by atoms with Crippen molar-refractivity contribution in [2.75, 3.05) is 19.8 Å². The van der Waals surface area contributed by atoms with Gasteiger partial charge in [-0.05, 0) is 26.2 Å². The molecule has 1 rings (SSSR count). The Balaban J connectivity index is 2.81. The monoisotopic (exact) mass is 243 g/mol. The minimum absolute atomic E-state index is 0.0186. The van der Waals surface area contributed by atoms with Gasteiger partial charge in [0.05, 0.1) is 0 Å². The maximum Gasteiger partial charge on any atom is 0.329 e. The molecule has 1 N–H and O–H groups in total. The van der Waals surface area contributed by atoms with Crippen LogP contribution in [0.15, 0.2) is 0 Å². The number of ether oxygens (including phenoxy) is 1. The van der Waals surface area contributed by atoms with E-state index in [-0.39, 0.29) is 12.5 Å². The van der Waals surface area contributed by atoms with Crippen LogP contribution in [-0.2, 0) is 14.3 Å². The first-order valence-corrected chi connectivity index (χ1v) is 6.20. The van der Waals surface area contributed by atoms with Crippen molar-refractivity contribution in [1.82, 2.24) is 4.90 Å². The summed E-state index contributed by atoms with van der Waals surface area (Å²) in [7, 11) is 0. The second kappa shape index (κ2) is 6.00. The third-order valence-electron chi connectivity index (χ3n) is 3.28. The van der Waals surface area contributed by atoms with Crippen molar-refractivity contribution in [2.45, 2.75) is 45.1 Å². The van der Waals surface area contributed by atoms with E-state index in [9.17, 15) is 14.7 Å². The average Bonchev–Trinajstić information content (AvgIpc) is 2.71. The van der Waals surface area contributed by atoms with Gasteiger partial charge in [-0.25, -0.2) is 4.79 Å². The Hall–Kier alpha value is -1.10. The molecule has 0 radical (unpaired) electrons. The van der Waals surface area contributed by atoms with E-state index < -0.39 is 11.5 Å². The van der Waals surface area contributed by atoms with E-state index in [1.165, 1.54) is 4.90 Å². The second-order valence-corrected chi connectivity index (χ2v) is 4.37. The standard InChI is InChI=1S/C12H21NO4/c1-3-6-12(11(15)16)7-5-8-13(12)10(14)9-17-4-2/h3-9H2,1-2H3,(H,15,16). The summed E-state index contributed by atoms with van der Waals surface area (Å²) in [6, 6.07) is 0. The molecule has 0 spiro atoms. The Kier molecular flexibility index (Phi) is 4.93. The summed E-state index contributed by atoms with van der Waals surface area (Å²) >= 11 is 0. The molecule has 1 fully saturated rings. The first kappa shape index (κ1) is 14.0. The number of aliphatic carboxylic acids is 1. The lowest BCUT2D eigenvalue weighted by molar-refractivity contribution is -0.158. The van der Waals surface area contributed by atoms with Crippen molar-refractivity contribution in [3.8, 4) is 0 Å². The van der Waals surface area contributed by atoms with Crippen molar-refractivity contribution >= 4 is 11.9 Å². The van der Waals surface area contributed by atoms with Crippen LogP contribution in [0.4, 0.5) is 0 Å². The largest absolute Gasteiger partial charge is 0.479 e. The number of likely N-dealkylation sites (tertiary alicyclic amines) is 1. The minimum Gasteiger partial charge on any atom is -0.479 e. The van der Waals surface area contributed by atoms with E-state index in [0.29, 0.717) is 26.0 Å². The van der Waals surface area contributed by atoms with Crippen LogP contribution < -0.4 is 0 Å². The van der Waals surface area contributed by atoms with E-state index >= 15 is 0 Å². The van der Waals surface area contributed by atoms with Crippen molar-refractivity contribution in [2.24, 2.45) is 0 Å². The van der Waals surface area contributed by atoms with Gasteiger partial charge in [-0.2, -0.15) is 0 Å². The van der Waals surface area contributed by atoms with Gasteiger partial charge in [0.1, 0.15) is 12.1 Å². The number of nitrogens with zero attached hydrogens (tertiary/aromatic N) is 1. The molecule has 1 aliphatic heterocycles. The molecule has 0 aromatic carbocycles.